The predicted molar refractivity (Wildman–Crippen MR) is 30.2 cm³/mol. The van der Waals surface area contributed by atoms with Gasteiger partial charge < -0.3 is 19.5 Å². The van der Waals surface area contributed by atoms with Gasteiger partial charge in [-0.1, -0.05) is 0 Å². The summed E-state index contributed by atoms with van der Waals surface area (Å²) in [4.78, 5) is 0. The van der Waals surface area contributed by atoms with E-state index in [0.717, 1.165) is 0 Å². The molecule has 0 saturated carbocycles. The minimum atomic E-state index is -1.55. The van der Waals surface area contributed by atoms with Crippen molar-refractivity contribution in [1.29, 1.82) is 0 Å². The van der Waals surface area contributed by atoms with E-state index < -0.39 is 7.12 Å². The highest BCUT2D eigenvalue weighted by Crippen LogP contribution is 2.03. The Bertz CT molecular complexity index is 122. The third-order valence-electron chi connectivity index (χ3n) is 0.924. The van der Waals surface area contributed by atoms with Crippen LogP contribution in [0.5, 0.6) is 0 Å². The van der Waals surface area contributed by atoms with E-state index in [1.54, 1.807) is 0 Å². The first-order valence-corrected chi connectivity index (χ1v) is 2.61. The van der Waals surface area contributed by atoms with Crippen LogP contribution in [0.2, 0.25) is 0 Å². The SMILES string of the molecule is OB(O)C1=COCCO1. The fourth-order valence-electron chi connectivity index (χ4n) is 0.518. The summed E-state index contributed by atoms with van der Waals surface area (Å²) in [5, 5.41) is 16.9. The van der Waals surface area contributed by atoms with E-state index in [4.69, 9.17) is 19.5 Å². The van der Waals surface area contributed by atoms with Gasteiger partial charge in [0.15, 0.2) is 5.66 Å². The van der Waals surface area contributed by atoms with Crippen LogP contribution in [0.3, 0.4) is 0 Å². The van der Waals surface area contributed by atoms with Crippen LogP contribution in [-0.4, -0.2) is 30.4 Å². The standard InChI is InChI=1S/C4H7BO4/c6-5(7)4-3-8-1-2-9-4/h3,6-7H,1-2H2. The molecule has 4 nitrogen and oxygen atoms in total. The molecule has 1 aliphatic heterocycles. The second-order valence-electron chi connectivity index (χ2n) is 1.61. The first kappa shape index (κ1) is 6.45. The molecule has 0 saturated heterocycles. The number of ether oxygens (including phenoxy) is 2. The molecule has 0 fully saturated rings. The Hall–Kier alpha value is -0.675. The lowest BCUT2D eigenvalue weighted by molar-refractivity contribution is 0.0901. The highest BCUT2D eigenvalue weighted by molar-refractivity contribution is 6.49. The summed E-state index contributed by atoms with van der Waals surface area (Å²) < 4.78 is 9.51. The largest absolute Gasteiger partial charge is 0.529 e. The molecule has 0 atom stereocenters. The smallest absolute Gasteiger partial charge is 0.495 e. The van der Waals surface area contributed by atoms with Crippen LogP contribution in [0.25, 0.3) is 0 Å². The van der Waals surface area contributed by atoms with E-state index in [1.807, 2.05) is 0 Å². The van der Waals surface area contributed by atoms with Crippen LogP contribution < -0.4 is 0 Å². The van der Waals surface area contributed by atoms with Crippen LogP contribution in [0.1, 0.15) is 0 Å². The molecule has 50 valence electrons. The average molecular weight is 130 g/mol. The van der Waals surface area contributed by atoms with E-state index in [9.17, 15) is 0 Å². The number of hydrogen-bond acceptors (Lipinski definition) is 4. The second kappa shape index (κ2) is 2.75. The molecule has 0 spiro atoms. The fourth-order valence-corrected chi connectivity index (χ4v) is 0.518. The van der Waals surface area contributed by atoms with Gasteiger partial charge in [0, 0.05) is 0 Å². The quantitative estimate of drug-likeness (QED) is 0.441. The first-order valence-electron chi connectivity index (χ1n) is 2.61. The zero-order chi connectivity index (χ0) is 6.69. The van der Waals surface area contributed by atoms with E-state index in [1.165, 1.54) is 6.26 Å². The van der Waals surface area contributed by atoms with Crippen LogP contribution in [0, 0.1) is 0 Å². The molecule has 0 aromatic heterocycles. The van der Waals surface area contributed by atoms with Crippen LogP contribution in [0.15, 0.2) is 11.9 Å². The van der Waals surface area contributed by atoms with Gasteiger partial charge in [-0.05, 0) is 0 Å². The minimum Gasteiger partial charge on any atom is -0.495 e. The Morgan fingerprint density at radius 1 is 1.44 bits per heavy atom. The summed E-state index contributed by atoms with van der Waals surface area (Å²) in [5.74, 6) is 0. The van der Waals surface area contributed by atoms with Gasteiger partial charge in [0.2, 0.25) is 0 Å². The Kier molecular flexibility index (Phi) is 1.97. The highest BCUT2D eigenvalue weighted by atomic mass is 16.6. The maximum absolute atomic E-state index is 8.46. The summed E-state index contributed by atoms with van der Waals surface area (Å²) in [6.07, 6.45) is 1.20. The second-order valence-corrected chi connectivity index (χ2v) is 1.61. The molecule has 0 bridgehead atoms. The minimum absolute atomic E-state index is 0.0706. The lowest BCUT2D eigenvalue weighted by Gasteiger charge is -2.13. The van der Waals surface area contributed by atoms with Crippen molar-refractivity contribution in [3.63, 3.8) is 0 Å². The van der Waals surface area contributed by atoms with Gasteiger partial charge in [0.1, 0.15) is 19.5 Å². The van der Waals surface area contributed by atoms with Crippen molar-refractivity contribution < 1.29 is 19.5 Å². The summed E-state index contributed by atoms with van der Waals surface area (Å²) >= 11 is 0. The van der Waals surface area contributed by atoms with Gasteiger partial charge in [-0.2, -0.15) is 0 Å². The van der Waals surface area contributed by atoms with Gasteiger partial charge in [-0.15, -0.1) is 0 Å². The molecule has 9 heavy (non-hydrogen) atoms. The predicted octanol–water partition coefficient (Wildman–Crippen LogP) is -1.11. The molecule has 0 aliphatic carbocycles. The zero-order valence-corrected chi connectivity index (χ0v) is 4.78. The topological polar surface area (TPSA) is 58.9 Å². The van der Waals surface area contributed by atoms with Crippen molar-refractivity contribution in [1.82, 2.24) is 0 Å². The number of hydrogen-bond donors (Lipinski definition) is 2. The number of rotatable bonds is 1. The monoisotopic (exact) mass is 130 g/mol. The van der Waals surface area contributed by atoms with Crippen molar-refractivity contribution >= 4 is 7.12 Å². The van der Waals surface area contributed by atoms with Crippen molar-refractivity contribution in [2.75, 3.05) is 13.2 Å². The molecule has 5 heteroatoms. The van der Waals surface area contributed by atoms with Gasteiger partial charge >= 0.3 is 7.12 Å². The molecule has 0 radical (unpaired) electrons. The molecule has 0 aromatic rings. The molecular formula is C4H7BO4. The molecule has 2 N–H and O–H groups in total. The van der Waals surface area contributed by atoms with Gasteiger partial charge in [0.05, 0.1) is 0 Å². The highest BCUT2D eigenvalue weighted by Gasteiger charge is 2.19. The van der Waals surface area contributed by atoms with E-state index >= 15 is 0 Å². The molecule has 0 unspecified atom stereocenters. The van der Waals surface area contributed by atoms with E-state index in [0.29, 0.717) is 13.2 Å². The summed E-state index contributed by atoms with van der Waals surface area (Å²) in [5.41, 5.74) is 0.0706. The maximum atomic E-state index is 8.46. The average Bonchev–Trinajstić information content (AvgIpc) is 1.90. The van der Waals surface area contributed by atoms with Crippen molar-refractivity contribution in [2.24, 2.45) is 0 Å². The third-order valence-corrected chi connectivity index (χ3v) is 0.924. The Morgan fingerprint density at radius 2 is 2.22 bits per heavy atom. The van der Waals surface area contributed by atoms with E-state index in [-0.39, 0.29) is 5.66 Å². The molecule has 0 amide bonds. The summed E-state index contributed by atoms with van der Waals surface area (Å²) in [6.45, 7) is 0.847. The maximum Gasteiger partial charge on any atom is 0.529 e. The molecule has 1 rings (SSSR count). The van der Waals surface area contributed by atoms with Crippen LogP contribution in [0.4, 0.5) is 0 Å². The van der Waals surface area contributed by atoms with Crippen LogP contribution in [-0.2, 0) is 9.47 Å². The van der Waals surface area contributed by atoms with Crippen molar-refractivity contribution in [3.05, 3.63) is 11.9 Å². The zero-order valence-electron chi connectivity index (χ0n) is 4.78. The fraction of sp³-hybridized carbons (Fsp3) is 0.500. The normalized spacial score (nSPS) is 17.3. The van der Waals surface area contributed by atoms with E-state index in [2.05, 4.69) is 0 Å². The van der Waals surface area contributed by atoms with Crippen LogP contribution >= 0.6 is 0 Å². The molecule has 1 aliphatic rings. The molecular weight excluding hydrogens is 123 g/mol. The summed E-state index contributed by atoms with van der Waals surface area (Å²) in [7, 11) is -1.55. The molecule has 1 heterocycles. The van der Waals surface area contributed by atoms with Gasteiger partial charge in [-0.3, -0.25) is 0 Å². The summed E-state index contributed by atoms with van der Waals surface area (Å²) in [6, 6.07) is 0. The third kappa shape index (κ3) is 1.62. The van der Waals surface area contributed by atoms with Crippen molar-refractivity contribution in [3.8, 4) is 0 Å². The first-order chi connectivity index (χ1) is 4.30. The van der Waals surface area contributed by atoms with Gasteiger partial charge in [-0.25, -0.2) is 0 Å². The Morgan fingerprint density at radius 3 is 2.56 bits per heavy atom. The lowest BCUT2D eigenvalue weighted by Crippen LogP contribution is -2.22. The lowest BCUT2D eigenvalue weighted by atomic mass is 9.89. The van der Waals surface area contributed by atoms with Crippen molar-refractivity contribution in [2.45, 2.75) is 0 Å². The van der Waals surface area contributed by atoms with Gasteiger partial charge in [0.25, 0.3) is 0 Å². The molecule has 0 aromatic carbocycles. The Labute approximate surface area is 52.8 Å². The Balaban J connectivity index is 2.46.